The minimum atomic E-state index is -0.732. The van der Waals surface area contributed by atoms with Crippen LogP contribution >= 0.6 is 0 Å². The summed E-state index contributed by atoms with van der Waals surface area (Å²) in [7, 11) is 2.57. The molecule has 2 aromatic carbocycles. The molecular weight excluding hydrogens is 701 g/mol. The Bertz CT molecular complexity index is 2030. The molecule has 2 aliphatic heterocycles. The van der Waals surface area contributed by atoms with Crippen molar-refractivity contribution in [3.05, 3.63) is 84.2 Å². The molecule has 0 saturated carbocycles. The molecular formula is C41H50N8O6. The monoisotopic (exact) mass is 750 g/mol. The Balaban J connectivity index is 1.12. The van der Waals surface area contributed by atoms with E-state index in [0.717, 1.165) is 57.9 Å². The quantitative estimate of drug-likeness (QED) is 0.128. The fraction of sp³-hybridized carbons (Fsp3) is 0.415. The molecule has 4 aromatic rings. The highest BCUT2D eigenvalue weighted by Crippen LogP contribution is 2.34. The maximum absolute atomic E-state index is 13.6. The number of methoxy groups -OCH3 is 2. The lowest BCUT2D eigenvalue weighted by molar-refractivity contribution is -0.136. The number of benzene rings is 2. The van der Waals surface area contributed by atoms with Gasteiger partial charge < -0.3 is 39.9 Å². The number of likely N-dealkylation sites (tertiary alicyclic amines) is 1. The predicted molar refractivity (Wildman–Crippen MR) is 207 cm³/mol. The Hall–Kier alpha value is -5.92. The average molecular weight is 751 g/mol. The fourth-order valence-corrected chi connectivity index (χ4v) is 7.26. The van der Waals surface area contributed by atoms with Crippen molar-refractivity contribution in [2.45, 2.75) is 71.6 Å². The average Bonchev–Trinajstić information content (AvgIpc) is 4.02. The Morgan fingerprint density at radius 2 is 1.16 bits per heavy atom. The third-order valence-corrected chi connectivity index (χ3v) is 10.3. The van der Waals surface area contributed by atoms with Crippen LogP contribution in [0, 0.1) is 11.8 Å². The number of nitrogens with one attached hydrogen (secondary N) is 4. The van der Waals surface area contributed by atoms with E-state index in [4.69, 9.17) is 9.47 Å². The second kappa shape index (κ2) is 16.6. The summed E-state index contributed by atoms with van der Waals surface area (Å²) in [6, 6.07) is 14.4. The molecule has 55 heavy (non-hydrogen) atoms. The first-order chi connectivity index (χ1) is 26.4. The first-order valence-corrected chi connectivity index (χ1v) is 18.7. The van der Waals surface area contributed by atoms with E-state index in [0.29, 0.717) is 18.9 Å². The molecule has 1 fully saturated rings. The number of aromatic amines is 2. The molecule has 4 amide bonds. The van der Waals surface area contributed by atoms with E-state index < -0.39 is 30.3 Å². The molecule has 2 aromatic heterocycles. The second-order valence-electron chi connectivity index (χ2n) is 14.8. The number of ether oxygens (including phenoxy) is 2. The summed E-state index contributed by atoms with van der Waals surface area (Å²) >= 11 is 0. The van der Waals surface area contributed by atoms with Crippen LogP contribution in [0.1, 0.15) is 71.2 Å². The lowest BCUT2D eigenvalue weighted by Crippen LogP contribution is -2.51. The summed E-state index contributed by atoms with van der Waals surface area (Å²) in [6.07, 6.45) is 5.95. The van der Waals surface area contributed by atoms with Gasteiger partial charge in [0.25, 0.3) is 0 Å². The molecule has 1 saturated heterocycles. The number of carbonyl (C=O) groups excluding carboxylic acids is 4. The number of hydrogen-bond acceptors (Lipinski definition) is 8. The summed E-state index contributed by atoms with van der Waals surface area (Å²) in [6.45, 7) is 10.6. The molecule has 0 spiro atoms. The lowest BCUT2D eigenvalue weighted by Gasteiger charge is -2.30. The van der Waals surface area contributed by atoms with Gasteiger partial charge in [0.15, 0.2) is 0 Å². The highest BCUT2D eigenvalue weighted by Gasteiger charge is 2.38. The molecule has 290 valence electrons. The number of aromatic nitrogens is 4. The van der Waals surface area contributed by atoms with E-state index >= 15 is 0 Å². The van der Waals surface area contributed by atoms with Crippen LogP contribution in [0.4, 0.5) is 9.59 Å². The van der Waals surface area contributed by atoms with Crippen LogP contribution in [-0.2, 0) is 19.1 Å². The molecule has 0 unspecified atom stereocenters. The zero-order valence-electron chi connectivity index (χ0n) is 32.4. The van der Waals surface area contributed by atoms with Crippen molar-refractivity contribution in [3.63, 3.8) is 0 Å². The van der Waals surface area contributed by atoms with Gasteiger partial charge in [0.1, 0.15) is 29.8 Å². The van der Waals surface area contributed by atoms with Gasteiger partial charge in [-0.2, -0.15) is 0 Å². The minimum absolute atomic E-state index is 0.107. The molecule has 0 radical (unpaired) electrons. The van der Waals surface area contributed by atoms with Gasteiger partial charge in [-0.3, -0.25) is 9.59 Å². The number of imidazole rings is 2. The van der Waals surface area contributed by atoms with E-state index in [9.17, 15) is 19.2 Å². The van der Waals surface area contributed by atoms with Crippen LogP contribution in [0.3, 0.4) is 0 Å². The van der Waals surface area contributed by atoms with Gasteiger partial charge in [0.05, 0.1) is 44.0 Å². The van der Waals surface area contributed by atoms with Crippen LogP contribution in [0.5, 0.6) is 0 Å². The zero-order chi connectivity index (χ0) is 39.4. The highest BCUT2D eigenvalue weighted by atomic mass is 16.5. The minimum Gasteiger partial charge on any atom is -0.453 e. The van der Waals surface area contributed by atoms with Crippen molar-refractivity contribution < 1.29 is 28.7 Å². The SMILES string of the molecule is COC(=O)N[C@H](C(=O)N1CC(C)=C[C@H]1c1ncc(-c2ccc(-c3ccc(-c4cnc([C@@H]5CCCN5C(=O)[C@@H](NC(=O)OC)C(C)C)[nH]4)cc3)cc2)[nH]1)C(C)C. The number of amides is 4. The molecule has 14 nitrogen and oxygen atoms in total. The number of alkyl carbamates (subject to hydrolysis) is 2. The molecule has 6 rings (SSSR count). The normalized spacial score (nSPS) is 17.9. The first-order valence-electron chi connectivity index (χ1n) is 18.7. The van der Waals surface area contributed by atoms with Crippen molar-refractivity contribution in [1.82, 2.24) is 40.4 Å². The fourth-order valence-electron chi connectivity index (χ4n) is 7.26. The van der Waals surface area contributed by atoms with Crippen molar-refractivity contribution >= 4 is 24.0 Å². The van der Waals surface area contributed by atoms with E-state index in [1.165, 1.54) is 14.2 Å². The number of rotatable bonds is 11. The molecule has 0 aliphatic carbocycles. The van der Waals surface area contributed by atoms with Gasteiger partial charge in [-0.1, -0.05) is 87.9 Å². The smallest absolute Gasteiger partial charge is 0.407 e. The van der Waals surface area contributed by atoms with Gasteiger partial charge in [-0.05, 0) is 53.9 Å². The van der Waals surface area contributed by atoms with Gasteiger partial charge in [0, 0.05) is 13.1 Å². The Labute approximate surface area is 321 Å². The van der Waals surface area contributed by atoms with Gasteiger partial charge in [0.2, 0.25) is 11.8 Å². The summed E-state index contributed by atoms with van der Waals surface area (Å²) in [5.41, 5.74) is 6.74. The first kappa shape index (κ1) is 38.8. The van der Waals surface area contributed by atoms with Crippen molar-refractivity contribution in [1.29, 1.82) is 0 Å². The third-order valence-electron chi connectivity index (χ3n) is 10.3. The lowest BCUT2D eigenvalue weighted by atomic mass is 10.0. The van der Waals surface area contributed by atoms with Gasteiger partial charge in [-0.25, -0.2) is 19.6 Å². The van der Waals surface area contributed by atoms with Crippen molar-refractivity contribution in [3.8, 4) is 33.6 Å². The Morgan fingerprint density at radius 1 is 0.709 bits per heavy atom. The number of H-pyrrole nitrogens is 2. The summed E-state index contributed by atoms with van der Waals surface area (Å²) in [4.78, 5) is 70.8. The van der Waals surface area contributed by atoms with E-state index in [2.05, 4.69) is 54.8 Å². The van der Waals surface area contributed by atoms with Crippen LogP contribution in [0.25, 0.3) is 33.6 Å². The van der Waals surface area contributed by atoms with E-state index in [-0.39, 0.29) is 29.7 Å². The van der Waals surface area contributed by atoms with Crippen molar-refractivity contribution in [2.24, 2.45) is 11.8 Å². The van der Waals surface area contributed by atoms with Gasteiger partial charge in [-0.15, -0.1) is 0 Å². The predicted octanol–water partition coefficient (Wildman–Crippen LogP) is 6.39. The van der Waals surface area contributed by atoms with E-state index in [1.807, 2.05) is 65.0 Å². The van der Waals surface area contributed by atoms with E-state index in [1.54, 1.807) is 22.2 Å². The largest absolute Gasteiger partial charge is 0.453 e. The molecule has 4 atom stereocenters. The third kappa shape index (κ3) is 8.43. The summed E-state index contributed by atoms with van der Waals surface area (Å²) in [5, 5.41) is 5.37. The Morgan fingerprint density at radius 3 is 1.65 bits per heavy atom. The molecule has 0 bridgehead atoms. The molecule has 4 heterocycles. The molecule has 14 heteroatoms. The number of nitrogens with zero attached hydrogens (tertiary/aromatic N) is 4. The highest BCUT2D eigenvalue weighted by molar-refractivity contribution is 5.87. The van der Waals surface area contributed by atoms with Gasteiger partial charge >= 0.3 is 12.2 Å². The standard InChI is InChI=1S/C41H50N8O6/c1-23(2)34(46-40(52)54-6)38(50)48-18-8-9-32(48)36-42-20-30(44-36)28-14-10-26(11-15-28)27-12-16-29(17-13-27)31-21-43-37(45-31)33-19-25(5)22-49(33)39(51)35(24(3)4)47-41(53)55-7/h10-17,19-21,23-24,32-35H,8-9,18,22H2,1-7H3,(H,42,44)(H,43,45)(H,46,52)(H,47,53)/t32-,33-,34-,35-/m0/s1. The number of carbonyl (C=O) groups is 4. The maximum Gasteiger partial charge on any atom is 0.407 e. The topological polar surface area (TPSA) is 175 Å². The second-order valence-corrected chi connectivity index (χ2v) is 14.8. The van der Waals surface area contributed by atoms with Crippen LogP contribution in [-0.4, -0.2) is 93.1 Å². The van der Waals surface area contributed by atoms with Crippen LogP contribution in [0.2, 0.25) is 0 Å². The molecule has 2 aliphatic rings. The maximum atomic E-state index is 13.6. The Kier molecular flexibility index (Phi) is 11.7. The zero-order valence-corrected chi connectivity index (χ0v) is 32.4. The van der Waals surface area contributed by atoms with Crippen LogP contribution < -0.4 is 10.6 Å². The summed E-state index contributed by atoms with van der Waals surface area (Å²) in [5.74, 6) is 0.780. The summed E-state index contributed by atoms with van der Waals surface area (Å²) < 4.78 is 9.51. The van der Waals surface area contributed by atoms with Crippen molar-refractivity contribution in [2.75, 3.05) is 27.3 Å². The number of hydrogen-bond donors (Lipinski definition) is 4. The van der Waals surface area contributed by atoms with Crippen LogP contribution in [0.15, 0.2) is 72.6 Å². The molecule has 4 N–H and O–H groups in total.